The number of nitrogens with one attached hydrogen (secondary N) is 4. The molecule has 0 aliphatic heterocycles. The van der Waals surface area contributed by atoms with Crippen molar-refractivity contribution in [3.8, 4) is 48.1 Å². The third kappa shape index (κ3) is 38.8. The van der Waals surface area contributed by atoms with Crippen molar-refractivity contribution in [3.05, 3.63) is 300 Å². The van der Waals surface area contributed by atoms with Crippen LogP contribution in [0.4, 0.5) is 23.3 Å². The Morgan fingerprint density at radius 2 is 0.738 bits per heavy atom. The number of aromatic nitrogens is 8. The number of nitrogens with zero attached hydrogens (tertiary/aromatic N) is 8. The molecular weight excluding hydrogens is 2080 g/mol. The molecule has 16 rings (SSSR count). The molecule has 12 aromatic rings. The van der Waals surface area contributed by atoms with E-state index in [2.05, 4.69) is 207 Å². The summed E-state index contributed by atoms with van der Waals surface area (Å²) in [5, 5.41) is 70.7. The van der Waals surface area contributed by atoms with Crippen LogP contribution in [0.15, 0.2) is 197 Å². The average Bonchev–Trinajstić information content (AvgIpc) is 1.63. The summed E-state index contributed by atoms with van der Waals surface area (Å²) >= 11 is 9.23. The molecule has 4 aliphatic rings. The van der Waals surface area contributed by atoms with Crippen LogP contribution in [0.2, 0.25) is 39.3 Å². The molecule has 0 unspecified atom stereocenters. The molecule has 752 valence electrons. The van der Waals surface area contributed by atoms with Gasteiger partial charge in [0.25, 0.3) is 6.47 Å². The number of nitrogens with two attached hydrogens (primary N) is 1. The summed E-state index contributed by atoms with van der Waals surface area (Å²) in [5.74, 6) is 12.9. The van der Waals surface area contributed by atoms with E-state index in [0.717, 1.165) is 126 Å². The molecule has 0 spiro atoms. The van der Waals surface area contributed by atoms with Crippen LogP contribution in [-0.4, -0.2) is 172 Å². The van der Waals surface area contributed by atoms with Gasteiger partial charge < -0.3 is 53.3 Å². The van der Waals surface area contributed by atoms with E-state index in [4.69, 9.17) is 43.8 Å². The number of ketones is 4. The number of thiophene rings is 4. The van der Waals surface area contributed by atoms with Crippen LogP contribution in [0.1, 0.15) is 203 Å². The first-order valence-electron chi connectivity index (χ1n) is 46.9. The number of hydrogen-bond donors (Lipinski definition) is 9. The number of rotatable bonds is 31. The number of hydrogen-bond acceptors (Lipinski definition) is 30. The quantitative estimate of drug-likeness (QED) is 0.00486. The van der Waals surface area contributed by atoms with Gasteiger partial charge in [0.05, 0.1) is 48.4 Å². The van der Waals surface area contributed by atoms with E-state index in [1.807, 2.05) is 114 Å². The Labute approximate surface area is 964 Å². The molecule has 0 saturated heterocycles. The number of benzene rings is 4. The van der Waals surface area contributed by atoms with Crippen LogP contribution >= 0.6 is 61.3 Å². The number of halogens is 1. The van der Waals surface area contributed by atoms with E-state index in [9.17, 15) is 42.9 Å². The van der Waals surface area contributed by atoms with Crippen LogP contribution in [0.5, 0.6) is 0 Å². The molecular formula is C108H124BrK2N13O14S5Si2. The van der Waals surface area contributed by atoms with Crippen molar-refractivity contribution in [2.75, 3.05) is 54.8 Å². The number of terminal acetylenes is 3. The molecule has 27 nitrogen and oxygen atoms in total. The Hall–Kier alpha value is -8.55. The molecule has 4 aliphatic carbocycles. The Kier molecular flexibility index (Phi) is 50.6. The molecule has 8 aromatic heterocycles. The number of anilines is 4. The van der Waals surface area contributed by atoms with Gasteiger partial charge in [-0.3, -0.25) is 28.2 Å². The average molecular weight is 2200 g/mol. The second-order valence-corrected chi connectivity index (χ2v) is 53.4. The van der Waals surface area contributed by atoms with Gasteiger partial charge in [-0.15, -0.1) is 75.7 Å². The van der Waals surface area contributed by atoms with E-state index in [0.29, 0.717) is 102 Å². The summed E-state index contributed by atoms with van der Waals surface area (Å²) in [5.41, 5.74) is 19.6. The normalized spacial score (nSPS) is 18.9. The Balaban J connectivity index is 0.000000252. The van der Waals surface area contributed by atoms with E-state index < -0.39 is 26.5 Å². The van der Waals surface area contributed by atoms with E-state index in [1.54, 1.807) is 18.6 Å². The number of aliphatic hydroxyl groups excluding tert-OH is 4. The molecule has 4 fully saturated rings. The summed E-state index contributed by atoms with van der Waals surface area (Å²) in [4.78, 5) is 101. The minimum absolute atomic E-state index is 0. The van der Waals surface area contributed by atoms with Gasteiger partial charge in [0.15, 0.2) is 0 Å². The SMILES string of the molecule is C#C[Si](C)(C)C.C#Cc1cccc(Cc2csc(C(=O)c3cncnc3N[C@@H]3C[C@H](CO)[C@@H](C)C3)c2)c1.C#Cc1cccc(Cc2csc(C(=O)c3cncnc3N[C@@H]3C[C@H](COS(N)(=O)=O)[C@@H](C)C3)c2)c1.CO.C[C@H]1C[C@H](Nc2ncncc2C(=O)c2cc(Cc3cccc(Br)c3)cs2)C[C@@H]1CO.C[C@H]1C[C@H](Nc2ncncc2C(=O)c2cc(Cc3cccc(C#C[Si](C)(C)C)c3)cs2)C[C@@H]1CO.O=CO[O-].[H-].[K+].[K+]. The predicted molar refractivity (Wildman–Crippen MR) is 576 cm³/mol. The van der Waals surface area contributed by atoms with E-state index in [-0.39, 0.29) is 208 Å². The molecule has 0 bridgehead atoms. The zero-order chi connectivity index (χ0) is 104. The summed E-state index contributed by atoms with van der Waals surface area (Å²) in [6, 6.07) is 40.6. The largest absolute Gasteiger partial charge is 1.00 e. The maximum absolute atomic E-state index is 13.4. The molecule has 37 heteroatoms. The second-order valence-electron chi connectivity index (χ2n) is 38.1. The molecule has 4 saturated carbocycles. The third-order valence-corrected chi connectivity index (χ3v) is 31.3. The summed E-state index contributed by atoms with van der Waals surface area (Å²) in [6.45, 7) is 22.1. The first-order chi connectivity index (χ1) is 68.5. The van der Waals surface area contributed by atoms with Crippen molar-refractivity contribution >= 4 is 141 Å². The zero-order valence-corrected chi connectivity index (χ0v) is 97.9. The molecule has 0 radical (unpaired) electrons. The predicted octanol–water partition coefficient (Wildman–Crippen LogP) is 11.6. The number of carbonyl (C=O) groups is 5. The van der Waals surface area contributed by atoms with Crippen LogP contribution in [0.25, 0.3) is 0 Å². The van der Waals surface area contributed by atoms with Crippen molar-refractivity contribution in [2.24, 2.45) is 52.5 Å². The van der Waals surface area contributed by atoms with Crippen molar-refractivity contribution in [1.29, 1.82) is 0 Å². The van der Waals surface area contributed by atoms with Crippen molar-refractivity contribution in [1.82, 2.24) is 39.9 Å². The van der Waals surface area contributed by atoms with Gasteiger partial charge in [-0.05, 0) is 263 Å². The van der Waals surface area contributed by atoms with Gasteiger partial charge >= 0.3 is 113 Å². The third-order valence-electron chi connectivity index (χ3n) is 24.7. The first-order valence-corrected chi connectivity index (χ1v) is 59.7. The summed E-state index contributed by atoms with van der Waals surface area (Å²) in [6.07, 6.45) is 38.1. The Morgan fingerprint density at radius 1 is 0.462 bits per heavy atom. The molecule has 0 amide bonds. The Morgan fingerprint density at radius 3 is 1.00 bits per heavy atom. The second kappa shape index (κ2) is 60.3. The fraction of sp³-hybridized carbons (Fsp3) is 0.361. The number of aliphatic hydroxyl groups is 4. The minimum Gasteiger partial charge on any atom is -1.00 e. The first kappa shape index (κ1) is 122. The van der Waals surface area contributed by atoms with Crippen LogP contribution < -0.4 is 134 Å². The van der Waals surface area contributed by atoms with Gasteiger partial charge in [0.1, 0.15) is 64.7 Å². The maximum Gasteiger partial charge on any atom is 1.00 e. The van der Waals surface area contributed by atoms with Crippen LogP contribution in [0, 0.1) is 95.5 Å². The van der Waals surface area contributed by atoms with Gasteiger partial charge in [-0.2, -0.15) is 8.42 Å². The van der Waals surface area contributed by atoms with Crippen LogP contribution in [0.3, 0.4) is 0 Å². The topological polar surface area (TPSA) is 419 Å². The fourth-order valence-corrected chi connectivity index (χ4v) is 22.0. The molecule has 145 heavy (non-hydrogen) atoms. The van der Waals surface area contributed by atoms with Crippen molar-refractivity contribution < 1.29 is 171 Å². The molecule has 4 aromatic carbocycles. The summed E-state index contributed by atoms with van der Waals surface area (Å²) < 4.78 is 28.1. The maximum atomic E-state index is 13.4. The smallest absolute Gasteiger partial charge is 1.00 e. The fourth-order valence-electron chi connectivity index (χ4n) is 17.2. The van der Waals surface area contributed by atoms with E-state index >= 15 is 0 Å². The standard InChI is InChI=1S/C28H33N3O2SSi.C25H26N4O4S2.C25H25N3O2S.C23H24BrN3O2S.C5H10Si.CH2O3.CH4O.2K.H/c1-19-10-24(14-23(19)16-32)31-28-25(15-29-18-30-28)27(33)26-13-22(17-34-26)12-21-7-5-6-20(11-21)8-9-35(2,3)4;1-3-17-5-4-6-18(8-17)9-19-10-23(34-14-19)24(30)22-12-27-15-28-25(22)29-21-7-16(2)20(11-21)13-33-35(26,31)32;1-3-17-5-4-6-18(8-17)9-19-10-23(31-14-19)24(30)22-12-26-15-27-25(22)28-21-7-16(2)20(11-21)13-29;1-14-5-19(9-17(14)11-28)27-23-20(10-25-13-26-23)22(29)21-8-16(12-30-21)6-15-3-2-4-18(24)7-15;1-5-6(2,3)4;2-1-4-3;1-2;;;/h5-7,11,13,15,17-19,23-24,32H,10,12,14,16H2,1-4H3,(H,29,30,31);1,4-6,8,10,12,14-16,20-21H,7,9,11,13H2,2H3,(H2,26,31,32)(H,27,28,29);1,4-6,8,10,12,14-16,20-21,29H,7,9,11,13H2,2H3,(H,26,27,28);2-4,7-8,10,12-14,17,19,28H,5-6,9,11H2,1H3,(H,25,26,27);1H,2-4H3;1,3H;2H,1H3;;;/q;;;;;;;2*+1;-1/p-1/t19-,23+,24-;2*16-,20+,21-;14-,17+,19-;;;;;;/m0000....../s1. The monoisotopic (exact) mass is 2200 g/mol. The van der Waals surface area contributed by atoms with Crippen molar-refractivity contribution in [2.45, 2.75) is 168 Å². The van der Waals surface area contributed by atoms with Gasteiger partial charge in [-0.25, -0.2) is 45.0 Å². The number of carbonyl (C=O) groups excluding carboxylic acids is 5. The van der Waals surface area contributed by atoms with E-state index in [1.165, 1.54) is 88.0 Å². The molecule has 12 atom stereocenters. The van der Waals surface area contributed by atoms with Gasteiger partial charge in [-0.1, -0.05) is 149 Å². The minimum atomic E-state index is -3.97. The van der Waals surface area contributed by atoms with Gasteiger partial charge in [0, 0.05) is 97.0 Å². The van der Waals surface area contributed by atoms with Crippen molar-refractivity contribution in [3.63, 3.8) is 0 Å². The zero-order valence-electron chi connectivity index (χ0n) is 85.0. The van der Waals surface area contributed by atoms with Gasteiger partial charge in [0.2, 0.25) is 23.1 Å². The van der Waals surface area contributed by atoms with Crippen LogP contribution in [-0.2, 0) is 49.9 Å². The summed E-state index contributed by atoms with van der Waals surface area (Å²) in [7, 11) is -5.50. The Bertz CT molecular complexity index is 6620. The molecule has 8 heterocycles. The molecule has 10 N–H and O–H groups in total.